The fraction of sp³-hybridized carbons (Fsp3) is 0.435. The normalized spacial score (nSPS) is 22.2. The van der Waals surface area contributed by atoms with Gasteiger partial charge in [0.25, 0.3) is 0 Å². The van der Waals surface area contributed by atoms with Crippen molar-refractivity contribution in [3.8, 4) is 0 Å². The molecule has 2 aliphatic rings. The van der Waals surface area contributed by atoms with Gasteiger partial charge in [-0.2, -0.15) is 0 Å². The summed E-state index contributed by atoms with van der Waals surface area (Å²) in [5, 5.41) is 0.717. The lowest BCUT2D eigenvalue weighted by Crippen LogP contribution is -2.34. The van der Waals surface area contributed by atoms with Gasteiger partial charge in [0.1, 0.15) is 0 Å². The van der Waals surface area contributed by atoms with Crippen LogP contribution in [-0.4, -0.2) is 48.4 Å². The van der Waals surface area contributed by atoms with Crippen molar-refractivity contribution in [1.29, 1.82) is 0 Å². The van der Waals surface area contributed by atoms with Crippen molar-refractivity contribution in [2.75, 3.05) is 32.7 Å². The highest BCUT2D eigenvalue weighted by atomic mass is 35.5. The van der Waals surface area contributed by atoms with Crippen LogP contribution in [0.3, 0.4) is 0 Å². The maximum atomic E-state index is 12.6. The van der Waals surface area contributed by atoms with Gasteiger partial charge in [-0.15, -0.1) is 0 Å². The third-order valence-corrected chi connectivity index (χ3v) is 6.22. The summed E-state index contributed by atoms with van der Waals surface area (Å²) in [6, 6.07) is 18.3. The predicted molar refractivity (Wildman–Crippen MR) is 110 cm³/mol. The fourth-order valence-electron chi connectivity index (χ4n) is 4.52. The topological polar surface area (TPSA) is 23.6 Å². The van der Waals surface area contributed by atoms with Gasteiger partial charge in [0.15, 0.2) is 0 Å². The van der Waals surface area contributed by atoms with E-state index in [0.29, 0.717) is 23.3 Å². The molecular weight excluding hydrogens is 356 g/mol. The van der Waals surface area contributed by atoms with E-state index in [-0.39, 0.29) is 5.91 Å². The van der Waals surface area contributed by atoms with Crippen molar-refractivity contribution in [3.63, 3.8) is 0 Å². The number of fused-ring (bicyclic) bond motifs is 1. The summed E-state index contributed by atoms with van der Waals surface area (Å²) < 4.78 is 0. The zero-order valence-electron chi connectivity index (χ0n) is 15.7. The number of halogens is 1. The highest BCUT2D eigenvalue weighted by Gasteiger charge is 2.41. The number of carbonyl (C=O) groups excluding carboxylic acids is 1. The lowest BCUT2D eigenvalue weighted by atomic mass is 10.0. The number of likely N-dealkylation sites (tertiary alicyclic amines) is 2. The number of hydrogen-bond acceptors (Lipinski definition) is 2. The first-order valence-corrected chi connectivity index (χ1v) is 10.3. The van der Waals surface area contributed by atoms with Crippen LogP contribution >= 0.6 is 11.6 Å². The summed E-state index contributed by atoms with van der Waals surface area (Å²) >= 11 is 5.92. The zero-order valence-corrected chi connectivity index (χ0v) is 16.4. The molecule has 2 fully saturated rings. The second kappa shape index (κ2) is 8.45. The molecule has 2 aromatic carbocycles. The average molecular weight is 383 g/mol. The Labute approximate surface area is 166 Å². The average Bonchev–Trinajstić information content (AvgIpc) is 3.23. The van der Waals surface area contributed by atoms with E-state index in [0.717, 1.165) is 38.2 Å². The highest BCUT2D eigenvalue weighted by Crippen LogP contribution is 2.31. The first-order valence-electron chi connectivity index (χ1n) is 9.96. The van der Waals surface area contributed by atoms with Crippen LogP contribution in [0.4, 0.5) is 0 Å². The minimum atomic E-state index is 0.252. The predicted octanol–water partition coefficient (Wildman–Crippen LogP) is 3.91. The molecule has 4 heteroatoms. The van der Waals surface area contributed by atoms with Crippen LogP contribution < -0.4 is 0 Å². The largest absolute Gasteiger partial charge is 0.342 e. The Balaban J connectivity index is 1.21. The zero-order chi connectivity index (χ0) is 18.6. The number of nitrogens with zero attached hydrogens (tertiary/aromatic N) is 2. The van der Waals surface area contributed by atoms with Crippen molar-refractivity contribution in [2.24, 2.45) is 11.8 Å². The summed E-state index contributed by atoms with van der Waals surface area (Å²) in [6.45, 7) is 5.30. The Kier molecular flexibility index (Phi) is 5.80. The molecule has 4 rings (SSSR count). The van der Waals surface area contributed by atoms with Crippen molar-refractivity contribution < 1.29 is 4.79 Å². The lowest BCUT2D eigenvalue weighted by Gasteiger charge is -2.21. The number of amides is 1. The van der Waals surface area contributed by atoms with Crippen LogP contribution in [0, 0.1) is 11.8 Å². The molecule has 0 N–H and O–H groups in total. The molecule has 0 aliphatic carbocycles. The molecule has 3 nitrogen and oxygen atoms in total. The molecule has 0 radical (unpaired) electrons. The van der Waals surface area contributed by atoms with Crippen LogP contribution in [0.1, 0.15) is 17.5 Å². The van der Waals surface area contributed by atoms with Crippen LogP contribution in [0.5, 0.6) is 0 Å². The smallest absolute Gasteiger partial charge is 0.227 e. The summed E-state index contributed by atoms with van der Waals surface area (Å²) in [7, 11) is 0. The van der Waals surface area contributed by atoms with Crippen LogP contribution in [0.15, 0.2) is 54.6 Å². The molecule has 2 aromatic rings. The molecule has 0 bridgehead atoms. The minimum Gasteiger partial charge on any atom is -0.342 e. The van der Waals surface area contributed by atoms with Crippen LogP contribution in [0.25, 0.3) is 0 Å². The third kappa shape index (κ3) is 4.72. The van der Waals surface area contributed by atoms with Crippen LogP contribution in [0.2, 0.25) is 5.02 Å². The Bertz CT molecular complexity index is 748. The Morgan fingerprint density at radius 2 is 1.56 bits per heavy atom. The molecule has 142 valence electrons. The lowest BCUT2D eigenvalue weighted by molar-refractivity contribution is -0.129. The molecule has 0 aromatic heterocycles. The van der Waals surface area contributed by atoms with Gasteiger partial charge in [-0.1, -0.05) is 54.1 Å². The number of benzene rings is 2. The molecule has 0 saturated carbocycles. The molecule has 2 saturated heterocycles. The van der Waals surface area contributed by atoms with Gasteiger partial charge >= 0.3 is 0 Å². The molecule has 2 aliphatic heterocycles. The fourth-order valence-corrected chi connectivity index (χ4v) is 4.64. The summed E-state index contributed by atoms with van der Waals surface area (Å²) in [6.07, 6.45) is 2.85. The number of hydrogen-bond donors (Lipinski definition) is 0. The van der Waals surface area contributed by atoms with Gasteiger partial charge < -0.3 is 9.80 Å². The van der Waals surface area contributed by atoms with Crippen molar-refractivity contribution in [3.05, 3.63) is 70.7 Å². The molecule has 0 spiro atoms. The standard InChI is InChI=1S/C23H27ClN2O/c24-22-10-8-19(9-11-22)13-23(27)26-16-20-14-25(15-21(20)17-26)12-4-7-18-5-2-1-3-6-18/h1-3,5-6,8-11,20-21H,4,7,12-17H2/t20-,21-/m0/s1. The quantitative estimate of drug-likeness (QED) is 0.756. The number of rotatable bonds is 6. The number of carbonyl (C=O) groups is 1. The second-order valence-corrected chi connectivity index (χ2v) is 8.41. The van der Waals surface area contributed by atoms with Gasteiger partial charge in [0.05, 0.1) is 6.42 Å². The van der Waals surface area contributed by atoms with E-state index in [1.54, 1.807) is 0 Å². The van der Waals surface area contributed by atoms with E-state index < -0.39 is 0 Å². The summed E-state index contributed by atoms with van der Waals surface area (Å²) in [5.74, 6) is 1.55. The first kappa shape index (κ1) is 18.5. The van der Waals surface area contributed by atoms with Crippen molar-refractivity contribution >= 4 is 17.5 Å². The van der Waals surface area contributed by atoms with Gasteiger partial charge in [0.2, 0.25) is 5.91 Å². The van der Waals surface area contributed by atoms with Crippen molar-refractivity contribution in [1.82, 2.24) is 9.80 Å². The van der Waals surface area contributed by atoms with Crippen LogP contribution in [-0.2, 0) is 17.6 Å². The molecule has 0 unspecified atom stereocenters. The molecule has 2 heterocycles. The Hall–Kier alpha value is -1.84. The van der Waals surface area contributed by atoms with Crippen molar-refractivity contribution in [2.45, 2.75) is 19.3 Å². The van der Waals surface area contributed by atoms with E-state index in [9.17, 15) is 4.79 Å². The van der Waals surface area contributed by atoms with E-state index >= 15 is 0 Å². The number of aryl methyl sites for hydroxylation is 1. The van der Waals surface area contributed by atoms with E-state index in [1.165, 1.54) is 18.5 Å². The van der Waals surface area contributed by atoms with E-state index in [1.807, 2.05) is 24.3 Å². The molecule has 27 heavy (non-hydrogen) atoms. The SMILES string of the molecule is O=C(Cc1ccc(Cl)cc1)N1C[C@@H]2CN(CCCc3ccccc3)C[C@H]2C1. The van der Waals surface area contributed by atoms with E-state index in [2.05, 4.69) is 40.1 Å². The summed E-state index contributed by atoms with van der Waals surface area (Å²) in [5.41, 5.74) is 2.47. The van der Waals surface area contributed by atoms with E-state index in [4.69, 9.17) is 11.6 Å². The third-order valence-electron chi connectivity index (χ3n) is 5.97. The van der Waals surface area contributed by atoms with Gasteiger partial charge in [-0.3, -0.25) is 4.79 Å². The minimum absolute atomic E-state index is 0.252. The highest BCUT2D eigenvalue weighted by molar-refractivity contribution is 6.30. The summed E-state index contributed by atoms with van der Waals surface area (Å²) in [4.78, 5) is 17.3. The molecule has 1 amide bonds. The second-order valence-electron chi connectivity index (χ2n) is 7.97. The van der Waals surface area contributed by atoms with Gasteiger partial charge in [0, 0.05) is 31.2 Å². The Morgan fingerprint density at radius 1 is 0.889 bits per heavy atom. The Morgan fingerprint density at radius 3 is 2.22 bits per heavy atom. The maximum absolute atomic E-state index is 12.6. The van der Waals surface area contributed by atoms with Gasteiger partial charge in [-0.05, 0) is 54.5 Å². The first-order chi connectivity index (χ1) is 13.2. The monoisotopic (exact) mass is 382 g/mol. The molecular formula is C23H27ClN2O. The maximum Gasteiger partial charge on any atom is 0.227 e. The van der Waals surface area contributed by atoms with Gasteiger partial charge in [-0.25, -0.2) is 0 Å². The molecule has 2 atom stereocenters.